The summed E-state index contributed by atoms with van der Waals surface area (Å²) in [6, 6.07) is 8.07. The summed E-state index contributed by atoms with van der Waals surface area (Å²) in [7, 11) is 0. The van der Waals surface area contributed by atoms with E-state index in [0.717, 1.165) is 4.90 Å². The highest BCUT2D eigenvalue weighted by Gasteiger charge is 2.36. The predicted molar refractivity (Wildman–Crippen MR) is 69.0 cm³/mol. The number of imide groups is 1. The summed E-state index contributed by atoms with van der Waals surface area (Å²) in [5.41, 5.74) is 0.652. The molecular formula is C13H10N4O3. The molecular weight excluding hydrogens is 260 g/mol. The normalized spacial score (nSPS) is 13.5. The van der Waals surface area contributed by atoms with Crippen molar-refractivity contribution in [1.82, 2.24) is 15.1 Å². The van der Waals surface area contributed by atoms with Gasteiger partial charge in [0.2, 0.25) is 5.91 Å². The fourth-order valence-electron chi connectivity index (χ4n) is 2.04. The Labute approximate surface area is 113 Å². The van der Waals surface area contributed by atoms with Crippen molar-refractivity contribution in [2.24, 2.45) is 0 Å². The van der Waals surface area contributed by atoms with Crippen LogP contribution >= 0.6 is 0 Å². The highest BCUT2D eigenvalue weighted by molar-refractivity contribution is 6.22. The molecule has 0 atom stereocenters. The molecule has 2 aromatic rings. The second-order valence-corrected chi connectivity index (χ2v) is 4.26. The average molecular weight is 270 g/mol. The monoisotopic (exact) mass is 270 g/mol. The maximum absolute atomic E-state index is 12.1. The van der Waals surface area contributed by atoms with E-state index >= 15 is 0 Å². The molecule has 3 rings (SSSR count). The van der Waals surface area contributed by atoms with Crippen molar-refractivity contribution in [2.75, 3.05) is 11.9 Å². The molecule has 1 aromatic carbocycles. The van der Waals surface area contributed by atoms with Crippen LogP contribution in [0.3, 0.4) is 0 Å². The summed E-state index contributed by atoms with van der Waals surface area (Å²) >= 11 is 0. The zero-order valence-corrected chi connectivity index (χ0v) is 10.3. The summed E-state index contributed by atoms with van der Waals surface area (Å²) in [6.45, 7) is -0.328. The maximum Gasteiger partial charge on any atom is 0.262 e. The van der Waals surface area contributed by atoms with E-state index < -0.39 is 17.7 Å². The number of nitrogens with one attached hydrogen (secondary N) is 2. The molecule has 2 N–H and O–H groups in total. The van der Waals surface area contributed by atoms with Crippen molar-refractivity contribution in [3.63, 3.8) is 0 Å². The van der Waals surface area contributed by atoms with Crippen molar-refractivity contribution >= 4 is 23.5 Å². The Kier molecular flexibility index (Phi) is 2.79. The van der Waals surface area contributed by atoms with E-state index in [1.807, 2.05) is 0 Å². The Morgan fingerprint density at radius 3 is 2.35 bits per heavy atom. The fraction of sp³-hybridized carbons (Fsp3) is 0.0769. The van der Waals surface area contributed by atoms with Gasteiger partial charge in [-0.15, -0.1) is 0 Å². The van der Waals surface area contributed by atoms with Crippen LogP contribution in [0.1, 0.15) is 20.7 Å². The van der Waals surface area contributed by atoms with E-state index in [0.29, 0.717) is 16.9 Å². The first kappa shape index (κ1) is 12.1. The second-order valence-electron chi connectivity index (χ2n) is 4.26. The highest BCUT2D eigenvalue weighted by Crippen LogP contribution is 2.22. The lowest BCUT2D eigenvalue weighted by Gasteiger charge is -2.12. The number of fused-ring (bicyclic) bond motifs is 1. The molecule has 0 aliphatic carbocycles. The molecule has 2 heterocycles. The maximum atomic E-state index is 12.1. The molecule has 1 aliphatic heterocycles. The third-order valence-corrected chi connectivity index (χ3v) is 2.95. The molecule has 1 aliphatic rings. The van der Waals surface area contributed by atoms with Crippen LogP contribution in [0.2, 0.25) is 0 Å². The largest absolute Gasteiger partial charge is 0.310 e. The van der Waals surface area contributed by atoms with Gasteiger partial charge in [-0.05, 0) is 12.1 Å². The Bertz CT molecular complexity index is 658. The molecule has 7 heteroatoms. The number of hydrogen-bond acceptors (Lipinski definition) is 4. The molecule has 0 spiro atoms. The number of nitrogens with zero attached hydrogens (tertiary/aromatic N) is 2. The summed E-state index contributed by atoms with van der Waals surface area (Å²) < 4.78 is 0. The number of carbonyl (C=O) groups is 3. The first-order chi connectivity index (χ1) is 9.66. The highest BCUT2D eigenvalue weighted by atomic mass is 16.2. The summed E-state index contributed by atoms with van der Waals surface area (Å²) in [6.07, 6.45) is 1.48. The van der Waals surface area contributed by atoms with Crippen LogP contribution < -0.4 is 5.32 Å². The number of benzene rings is 1. The molecule has 20 heavy (non-hydrogen) atoms. The van der Waals surface area contributed by atoms with Gasteiger partial charge in [0.05, 0.1) is 17.3 Å². The van der Waals surface area contributed by atoms with Gasteiger partial charge in [0, 0.05) is 6.07 Å². The minimum absolute atomic E-state index is 0.326. The fourth-order valence-corrected chi connectivity index (χ4v) is 2.04. The van der Waals surface area contributed by atoms with E-state index in [-0.39, 0.29) is 6.54 Å². The first-order valence-corrected chi connectivity index (χ1v) is 5.91. The number of amides is 3. The van der Waals surface area contributed by atoms with Crippen LogP contribution in [0, 0.1) is 0 Å². The Morgan fingerprint density at radius 1 is 1.15 bits per heavy atom. The zero-order chi connectivity index (χ0) is 14.1. The van der Waals surface area contributed by atoms with Gasteiger partial charge in [-0.1, -0.05) is 12.1 Å². The smallest absolute Gasteiger partial charge is 0.262 e. The van der Waals surface area contributed by atoms with Crippen molar-refractivity contribution in [3.05, 3.63) is 47.7 Å². The third kappa shape index (κ3) is 1.95. The van der Waals surface area contributed by atoms with E-state index in [1.54, 1.807) is 30.3 Å². The van der Waals surface area contributed by atoms with E-state index in [2.05, 4.69) is 15.5 Å². The molecule has 3 amide bonds. The zero-order valence-electron chi connectivity index (χ0n) is 10.3. The number of H-pyrrole nitrogens is 1. The lowest BCUT2D eigenvalue weighted by Crippen LogP contribution is -2.37. The molecule has 0 fully saturated rings. The number of hydrogen-bond donors (Lipinski definition) is 2. The molecule has 0 radical (unpaired) electrons. The lowest BCUT2D eigenvalue weighted by molar-refractivity contribution is -0.116. The van der Waals surface area contributed by atoms with E-state index in [4.69, 9.17) is 0 Å². The molecule has 0 bridgehead atoms. The van der Waals surface area contributed by atoms with Gasteiger partial charge in [0.15, 0.2) is 0 Å². The number of aromatic nitrogens is 2. The van der Waals surface area contributed by atoms with Crippen LogP contribution in [0.4, 0.5) is 5.82 Å². The molecule has 0 unspecified atom stereocenters. The SMILES string of the molecule is O=C(CN1C(=O)c2ccccc2C1=O)Nc1ccn[nH]1. The van der Waals surface area contributed by atoms with Gasteiger partial charge in [-0.2, -0.15) is 5.10 Å². The van der Waals surface area contributed by atoms with Gasteiger partial charge < -0.3 is 5.32 Å². The average Bonchev–Trinajstić information content (AvgIpc) is 3.03. The summed E-state index contributed by atoms with van der Waals surface area (Å²) in [5.74, 6) is -0.967. The van der Waals surface area contributed by atoms with Crippen LogP contribution in [0.15, 0.2) is 36.5 Å². The number of carbonyl (C=O) groups excluding carboxylic acids is 3. The molecule has 0 saturated carbocycles. The van der Waals surface area contributed by atoms with Crippen LogP contribution in [0.5, 0.6) is 0 Å². The Balaban J connectivity index is 1.75. The van der Waals surface area contributed by atoms with Crippen LogP contribution in [-0.4, -0.2) is 39.4 Å². The molecule has 0 saturated heterocycles. The van der Waals surface area contributed by atoms with Gasteiger partial charge >= 0.3 is 0 Å². The van der Waals surface area contributed by atoms with Crippen LogP contribution in [0.25, 0.3) is 0 Å². The minimum atomic E-state index is -0.469. The standard InChI is InChI=1S/C13H10N4O3/c18-11(15-10-5-6-14-16-10)7-17-12(19)8-3-1-2-4-9(8)13(17)20/h1-6H,7H2,(H2,14,15,16,18). The predicted octanol–water partition coefficient (Wildman–Crippen LogP) is 0.644. The number of rotatable bonds is 3. The second kappa shape index (κ2) is 4.61. The molecule has 1 aromatic heterocycles. The topological polar surface area (TPSA) is 95.2 Å². The molecule has 7 nitrogen and oxygen atoms in total. The number of aromatic amines is 1. The van der Waals surface area contributed by atoms with E-state index in [1.165, 1.54) is 6.20 Å². The third-order valence-electron chi connectivity index (χ3n) is 2.95. The first-order valence-electron chi connectivity index (χ1n) is 5.91. The van der Waals surface area contributed by atoms with Crippen molar-refractivity contribution in [2.45, 2.75) is 0 Å². The van der Waals surface area contributed by atoms with Crippen LogP contribution in [-0.2, 0) is 4.79 Å². The van der Waals surface area contributed by atoms with Gasteiger partial charge in [-0.25, -0.2) is 0 Å². The van der Waals surface area contributed by atoms with Gasteiger partial charge in [-0.3, -0.25) is 24.4 Å². The van der Waals surface area contributed by atoms with E-state index in [9.17, 15) is 14.4 Å². The summed E-state index contributed by atoms with van der Waals surface area (Å²) in [4.78, 5) is 36.8. The minimum Gasteiger partial charge on any atom is -0.310 e. The van der Waals surface area contributed by atoms with Gasteiger partial charge in [0.1, 0.15) is 12.4 Å². The Morgan fingerprint density at radius 2 is 1.80 bits per heavy atom. The number of anilines is 1. The van der Waals surface area contributed by atoms with Gasteiger partial charge in [0.25, 0.3) is 11.8 Å². The Hall–Kier alpha value is -2.96. The lowest BCUT2D eigenvalue weighted by atomic mass is 10.1. The molecule has 100 valence electrons. The van der Waals surface area contributed by atoms with Crippen molar-refractivity contribution < 1.29 is 14.4 Å². The quantitative estimate of drug-likeness (QED) is 0.800. The van der Waals surface area contributed by atoms with Crippen molar-refractivity contribution in [3.8, 4) is 0 Å². The summed E-state index contributed by atoms with van der Waals surface area (Å²) in [5, 5.41) is 8.76. The van der Waals surface area contributed by atoms with Crippen molar-refractivity contribution in [1.29, 1.82) is 0 Å².